The molecule has 28 heavy (non-hydrogen) atoms. The topological polar surface area (TPSA) is 72.4 Å². The smallest absolute Gasteiger partial charge is 0.191 e. The van der Waals surface area contributed by atoms with Gasteiger partial charge in [0.1, 0.15) is 5.82 Å². The lowest BCUT2D eigenvalue weighted by molar-refractivity contribution is 0.187. The number of guanidine groups is 1. The van der Waals surface area contributed by atoms with E-state index in [9.17, 15) is 9.50 Å². The quantitative estimate of drug-likeness (QED) is 0.374. The van der Waals surface area contributed by atoms with Gasteiger partial charge in [-0.2, -0.15) is 0 Å². The van der Waals surface area contributed by atoms with Gasteiger partial charge >= 0.3 is 0 Å². The van der Waals surface area contributed by atoms with Crippen molar-refractivity contribution in [1.82, 2.24) is 15.6 Å². The molecule has 0 radical (unpaired) electrons. The Balaban J connectivity index is 1.60. The van der Waals surface area contributed by atoms with E-state index < -0.39 is 6.10 Å². The number of aliphatic hydroxyl groups is 1. The van der Waals surface area contributed by atoms with Crippen molar-refractivity contribution in [3.05, 3.63) is 71.2 Å². The van der Waals surface area contributed by atoms with Gasteiger partial charge in [-0.15, -0.1) is 0 Å². The van der Waals surface area contributed by atoms with Crippen LogP contribution in [0.2, 0.25) is 0 Å². The molecule has 0 fully saturated rings. The van der Waals surface area contributed by atoms with Crippen molar-refractivity contribution in [3.8, 4) is 0 Å². The van der Waals surface area contributed by atoms with E-state index in [2.05, 4.69) is 45.7 Å². The van der Waals surface area contributed by atoms with Gasteiger partial charge in [0, 0.05) is 29.7 Å². The molecule has 1 aromatic heterocycles. The molecular formula is C22H27FN4O. The summed E-state index contributed by atoms with van der Waals surface area (Å²) < 4.78 is 13.0. The Kier molecular flexibility index (Phi) is 6.66. The van der Waals surface area contributed by atoms with Crippen molar-refractivity contribution in [3.63, 3.8) is 0 Å². The standard InChI is InChI=1S/C22H27FN4O/c1-3-24-22(26-14-21(28)16-8-10-17(23)11-9-16)25-13-12-18-15(2)27-20-7-5-4-6-19(18)20/h4-11,21,27-28H,3,12-14H2,1-2H3,(H2,24,25,26). The number of aliphatic hydroxyl groups excluding tert-OH is 1. The highest BCUT2D eigenvalue weighted by Gasteiger charge is 2.09. The molecule has 0 aliphatic heterocycles. The minimum atomic E-state index is -0.771. The number of hydrogen-bond donors (Lipinski definition) is 4. The third-order valence-corrected chi connectivity index (χ3v) is 4.72. The third-order valence-electron chi connectivity index (χ3n) is 4.72. The van der Waals surface area contributed by atoms with Crippen LogP contribution in [0.5, 0.6) is 0 Å². The second kappa shape index (κ2) is 9.37. The zero-order valence-electron chi connectivity index (χ0n) is 16.3. The van der Waals surface area contributed by atoms with Crippen LogP contribution in [0.15, 0.2) is 53.5 Å². The Hall–Kier alpha value is -2.86. The minimum Gasteiger partial charge on any atom is -0.386 e. The van der Waals surface area contributed by atoms with Gasteiger partial charge in [0.2, 0.25) is 0 Å². The van der Waals surface area contributed by atoms with Crippen LogP contribution < -0.4 is 10.6 Å². The summed E-state index contributed by atoms with van der Waals surface area (Å²) in [5.41, 5.74) is 4.27. The number of para-hydroxylation sites is 1. The van der Waals surface area contributed by atoms with E-state index in [1.807, 2.05) is 13.0 Å². The average Bonchev–Trinajstić information content (AvgIpc) is 3.01. The molecule has 1 heterocycles. The fourth-order valence-corrected chi connectivity index (χ4v) is 3.27. The summed E-state index contributed by atoms with van der Waals surface area (Å²) in [6.45, 7) is 5.74. The largest absolute Gasteiger partial charge is 0.386 e. The Morgan fingerprint density at radius 3 is 2.64 bits per heavy atom. The number of fused-ring (bicyclic) bond motifs is 1. The van der Waals surface area contributed by atoms with Crippen LogP contribution >= 0.6 is 0 Å². The Labute approximate surface area is 164 Å². The maximum Gasteiger partial charge on any atom is 0.191 e. The summed E-state index contributed by atoms with van der Waals surface area (Å²) in [5, 5.41) is 18.0. The Bertz CT molecular complexity index is 933. The number of nitrogens with zero attached hydrogens (tertiary/aromatic N) is 1. The highest BCUT2D eigenvalue weighted by Crippen LogP contribution is 2.21. The molecule has 1 unspecified atom stereocenters. The summed E-state index contributed by atoms with van der Waals surface area (Å²) in [5.74, 6) is 0.336. The SMILES string of the molecule is CCNC(=NCC(O)c1ccc(F)cc1)NCCc1c(C)[nH]c2ccccc12. The molecule has 3 rings (SSSR count). The minimum absolute atomic E-state index is 0.201. The van der Waals surface area contributed by atoms with E-state index in [1.165, 1.54) is 28.8 Å². The first-order chi connectivity index (χ1) is 13.6. The zero-order chi connectivity index (χ0) is 19.9. The van der Waals surface area contributed by atoms with E-state index in [0.717, 1.165) is 25.0 Å². The number of aliphatic imine (C=N–C) groups is 1. The molecule has 6 heteroatoms. The van der Waals surface area contributed by atoms with Gasteiger partial charge in [-0.3, -0.25) is 4.99 Å². The number of hydrogen-bond acceptors (Lipinski definition) is 2. The number of rotatable bonds is 7. The molecule has 0 bridgehead atoms. The molecule has 2 aromatic carbocycles. The van der Waals surface area contributed by atoms with Crippen molar-refractivity contribution in [2.75, 3.05) is 19.6 Å². The van der Waals surface area contributed by atoms with Crippen LogP contribution in [0.25, 0.3) is 10.9 Å². The van der Waals surface area contributed by atoms with Gasteiger partial charge in [0.05, 0.1) is 12.6 Å². The summed E-state index contributed by atoms with van der Waals surface area (Å²) in [4.78, 5) is 7.88. The number of halogens is 1. The molecule has 1 atom stereocenters. The molecule has 0 spiro atoms. The van der Waals surface area contributed by atoms with E-state index in [-0.39, 0.29) is 12.4 Å². The number of aromatic nitrogens is 1. The summed E-state index contributed by atoms with van der Waals surface area (Å²) in [7, 11) is 0. The zero-order valence-corrected chi connectivity index (χ0v) is 16.3. The van der Waals surface area contributed by atoms with Crippen LogP contribution in [0, 0.1) is 12.7 Å². The molecule has 0 amide bonds. The van der Waals surface area contributed by atoms with Gasteiger partial charge < -0.3 is 20.7 Å². The fraction of sp³-hybridized carbons (Fsp3) is 0.318. The van der Waals surface area contributed by atoms with Gasteiger partial charge in [0.25, 0.3) is 0 Å². The van der Waals surface area contributed by atoms with Gasteiger partial charge in [-0.05, 0) is 49.6 Å². The molecule has 0 saturated heterocycles. The first kappa shape index (κ1) is 19.9. The van der Waals surface area contributed by atoms with Crippen molar-refractivity contribution in [2.45, 2.75) is 26.4 Å². The molecule has 148 valence electrons. The highest BCUT2D eigenvalue weighted by atomic mass is 19.1. The molecule has 3 aromatic rings. The average molecular weight is 382 g/mol. The Morgan fingerprint density at radius 1 is 1.14 bits per heavy atom. The molecule has 0 saturated carbocycles. The van der Waals surface area contributed by atoms with Crippen molar-refractivity contribution in [1.29, 1.82) is 0 Å². The molecular weight excluding hydrogens is 355 g/mol. The molecule has 5 nitrogen and oxygen atoms in total. The van der Waals surface area contributed by atoms with E-state index >= 15 is 0 Å². The van der Waals surface area contributed by atoms with E-state index in [4.69, 9.17) is 0 Å². The number of benzene rings is 2. The van der Waals surface area contributed by atoms with Crippen LogP contribution in [-0.4, -0.2) is 35.7 Å². The lowest BCUT2D eigenvalue weighted by atomic mass is 10.1. The predicted molar refractivity (Wildman–Crippen MR) is 112 cm³/mol. The number of H-pyrrole nitrogens is 1. The lowest BCUT2D eigenvalue weighted by Gasteiger charge is -2.13. The first-order valence-electron chi connectivity index (χ1n) is 9.60. The first-order valence-corrected chi connectivity index (χ1v) is 9.60. The lowest BCUT2D eigenvalue weighted by Crippen LogP contribution is -2.38. The summed E-state index contributed by atoms with van der Waals surface area (Å²) >= 11 is 0. The number of aryl methyl sites for hydroxylation is 1. The van der Waals surface area contributed by atoms with E-state index in [1.54, 1.807) is 12.1 Å². The van der Waals surface area contributed by atoms with Crippen molar-refractivity contribution < 1.29 is 9.50 Å². The second-order valence-electron chi connectivity index (χ2n) is 6.74. The summed E-state index contributed by atoms with van der Waals surface area (Å²) in [6.07, 6.45) is 0.0905. The van der Waals surface area contributed by atoms with Crippen molar-refractivity contribution in [2.24, 2.45) is 4.99 Å². The van der Waals surface area contributed by atoms with Crippen LogP contribution in [0.3, 0.4) is 0 Å². The monoisotopic (exact) mass is 382 g/mol. The molecule has 0 aliphatic carbocycles. The molecule has 0 aliphatic rings. The van der Waals surface area contributed by atoms with Crippen LogP contribution in [0.1, 0.15) is 29.8 Å². The van der Waals surface area contributed by atoms with Gasteiger partial charge in [-0.1, -0.05) is 30.3 Å². The van der Waals surface area contributed by atoms with E-state index in [0.29, 0.717) is 11.5 Å². The molecule has 4 N–H and O–H groups in total. The fourth-order valence-electron chi connectivity index (χ4n) is 3.27. The number of nitrogens with one attached hydrogen (secondary N) is 3. The Morgan fingerprint density at radius 2 is 1.89 bits per heavy atom. The maximum atomic E-state index is 13.0. The highest BCUT2D eigenvalue weighted by molar-refractivity contribution is 5.84. The second-order valence-corrected chi connectivity index (χ2v) is 6.74. The number of aromatic amines is 1. The van der Waals surface area contributed by atoms with Crippen molar-refractivity contribution >= 4 is 16.9 Å². The predicted octanol–water partition coefficient (Wildman–Crippen LogP) is 3.45. The normalized spacial score (nSPS) is 12.9. The third kappa shape index (κ3) is 4.89. The van der Waals surface area contributed by atoms with Gasteiger partial charge in [-0.25, -0.2) is 4.39 Å². The van der Waals surface area contributed by atoms with Gasteiger partial charge in [0.15, 0.2) is 5.96 Å². The maximum absolute atomic E-state index is 13.0. The van der Waals surface area contributed by atoms with Crippen LogP contribution in [0.4, 0.5) is 4.39 Å². The van der Waals surface area contributed by atoms with Crippen LogP contribution in [-0.2, 0) is 6.42 Å². The summed E-state index contributed by atoms with van der Waals surface area (Å²) in [6, 6.07) is 14.1.